The molecule has 0 saturated carbocycles. The van der Waals surface area contributed by atoms with E-state index in [-0.39, 0.29) is 23.0 Å². The van der Waals surface area contributed by atoms with Crippen LogP contribution in [-0.4, -0.2) is 18.2 Å². The van der Waals surface area contributed by atoms with E-state index in [2.05, 4.69) is 10.6 Å². The van der Waals surface area contributed by atoms with E-state index in [1.165, 1.54) is 0 Å². The molecule has 4 N–H and O–H groups in total. The average Bonchev–Trinajstić information content (AvgIpc) is 2.35. The van der Waals surface area contributed by atoms with Gasteiger partial charge < -0.3 is 21.1 Å². The molecule has 0 radical (unpaired) electrons. The van der Waals surface area contributed by atoms with Crippen molar-refractivity contribution >= 4 is 17.5 Å². The van der Waals surface area contributed by atoms with Gasteiger partial charge in [-0.25, -0.2) is 4.79 Å². The number of hydrogen-bond acceptors (Lipinski definition) is 4. The van der Waals surface area contributed by atoms with Gasteiger partial charge in [0.1, 0.15) is 0 Å². The zero-order valence-electron chi connectivity index (χ0n) is 14.5. The third kappa shape index (κ3) is 6.17. The minimum absolute atomic E-state index is 0.129. The first-order chi connectivity index (χ1) is 10.8. The molecule has 0 aromatic heterocycles. The highest BCUT2D eigenvalue weighted by molar-refractivity contribution is 5.76. The first-order valence-corrected chi connectivity index (χ1v) is 7.54. The van der Waals surface area contributed by atoms with Gasteiger partial charge in [-0.05, 0) is 32.8 Å². The smallest absolute Gasteiger partial charge is 0.408 e. The van der Waals surface area contributed by atoms with Crippen molar-refractivity contribution in [3.8, 4) is 5.75 Å². The number of ether oxygens (including phenoxy) is 1. The Morgan fingerprint density at radius 1 is 1.25 bits per heavy atom. The van der Waals surface area contributed by atoms with E-state index in [1.54, 1.807) is 20.8 Å². The number of anilines is 2. The van der Waals surface area contributed by atoms with Crippen LogP contribution in [0.1, 0.15) is 40.2 Å². The van der Waals surface area contributed by atoms with Crippen molar-refractivity contribution in [2.75, 3.05) is 17.6 Å². The Morgan fingerprint density at radius 2 is 1.83 bits per heavy atom. The van der Waals surface area contributed by atoms with E-state index in [4.69, 9.17) is 10.5 Å². The second-order valence-corrected chi connectivity index (χ2v) is 6.97. The van der Waals surface area contributed by atoms with Crippen LogP contribution < -0.4 is 21.1 Å². The van der Waals surface area contributed by atoms with Crippen molar-refractivity contribution in [3.05, 3.63) is 17.7 Å². The summed E-state index contributed by atoms with van der Waals surface area (Å²) < 4.78 is 44.5. The molecule has 1 amide bonds. The predicted molar refractivity (Wildman–Crippen MR) is 88.1 cm³/mol. The van der Waals surface area contributed by atoms with Gasteiger partial charge in [0.15, 0.2) is 5.75 Å². The molecule has 0 bridgehead atoms. The fourth-order valence-corrected chi connectivity index (χ4v) is 1.81. The number of nitrogen functional groups attached to an aromatic ring is 1. The molecule has 0 fully saturated rings. The molecule has 0 heterocycles. The number of carbonyl (C=O) groups is 1. The molecule has 0 saturated heterocycles. The van der Waals surface area contributed by atoms with Crippen LogP contribution in [0.25, 0.3) is 0 Å². The molecule has 1 aromatic carbocycles. The maximum atomic E-state index is 13.2. The van der Waals surface area contributed by atoms with Gasteiger partial charge in [-0.1, -0.05) is 13.8 Å². The predicted octanol–water partition coefficient (Wildman–Crippen LogP) is 4.24. The average molecular weight is 347 g/mol. The van der Waals surface area contributed by atoms with Gasteiger partial charge in [-0.3, -0.25) is 0 Å². The molecule has 5 nitrogen and oxygen atoms in total. The number of carbonyl (C=O) groups excluding carboxylic acids is 1. The molecule has 0 unspecified atom stereocenters. The number of nitrogens with one attached hydrogen (secondary N) is 2. The number of rotatable bonds is 4. The highest BCUT2D eigenvalue weighted by Crippen LogP contribution is 2.40. The Balaban J connectivity index is 3.14. The topological polar surface area (TPSA) is 76.4 Å². The molecule has 0 aliphatic heterocycles. The minimum Gasteiger partial charge on any atom is -0.408 e. The van der Waals surface area contributed by atoms with Crippen LogP contribution in [0, 0.1) is 5.92 Å². The van der Waals surface area contributed by atoms with Crippen LogP contribution in [0.5, 0.6) is 5.75 Å². The van der Waals surface area contributed by atoms with Crippen LogP contribution in [0.4, 0.5) is 29.3 Å². The van der Waals surface area contributed by atoms with Crippen LogP contribution >= 0.6 is 0 Å². The lowest BCUT2D eigenvalue weighted by Crippen LogP contribution is -2.42. The van der Waals surface area contributed by atoms with E-state index in [0.717, 1.165) is 12.1 Å². The summed E-state index contributed by atoms with van der Waals surface area (Å²) >= 11 is 0. The Labute approximate surface area is 139 Å². The van der Waals surface area contributed by atoms with Crippen LogP contribution in [-0.2, 0) is 6.18 Å². The lowest BCUT2D eigenvalue weighted by molar-refractivity contribution is -0.136. The zero-order chi connectivity index (χ0) is 18.7. The van der Waals surface area contributed by atoms with E-state index in [1.807, 2.05) is 13.8 Å². The molecule has 136 valence electrons. The summed E-state index contributed by atoms with van der Waals surface area (Å²) in [7, 11) is 0. The SMILES string of the molecule is CC(C)CNc1cc(OC(=O)NC(C)(C)C)c(N)cc1C(F)(F)F. The number of nitrogens with two attached hydrogens (primary N) is 1. The first-order valence-electron chi connectivity index (χ1n) is 7.54. The van der Waals surface area contributed by atoms with Crippen LogP contribution in [0.15, 0.2) is 12.1 Å². The van der Waals surface area contributed by atoms with E-state index in [0.29, 0.717) is 6.54 Å². The monoisotopic (exact) mass is 347 g/mol. The Bertz CT molecular complexity index is 593. The minimum atomic E-state index is -4.57. The summed E-state index contributed by atoms with van der Waals surface area (Å²) in [6, 6.07) is 1.87. The second-order valence-electron chi connectivity index (χ2n) is 6.97. The van der Waals surface area contributed by atoms with Crippen molar-refractivity contribution in [1.29, 1.82) is 0 Å². The van der Waals surface area contributed by atoms with Gasteiger partial charge in [0.2, 0.25) is 0 Å². The quantitative estimate of drug-likeness (QED) is 0.712. The van der Waals surface area contributed by atoms with E-state index >= 15 is 0 Å². The van der Waals surface area contributed by atoms with Gasteiger partial charge in [-0.15, -0.1) is 0 Å². The normalized spacial score (nSPS) is 12.2. The van der Waals surface area contributed by atoms with Crippen molar-refractivity contribution in [3.63, 3.8) is 0 Å². The number of halogens is 3. The number of benzene rings is 1. The van der Waals surface area contributed by atoms with E-state index in [9.17, 15) is 18.0 Å². The second kappa shape index (κ2) is 7.19. The molecule has 8 heteroatoms. The zero-order valence-corrected chi connectivity index (χ0v) is 14.5. The van der Waals surface area contributed by atoms with Crippen molar-refractivity contribution < 1.29 is 22.7 Å². The lowest BCUT2D eigenvalue weighted by Gasteiger charge is -2.21. The van der Waals surface area contributed by atoms with Crippen LogP contribution in [0.2, 0.25) is 0 Å². The fourth-order valence-electron chi connectivity index (χ4n) is 1.81. The maximum Gasteiger partial charge on any atom is 0.418 e. The van der Waals surface area contributed by atoms with Crippen molar-refractivity contribution in [2.45, 2.75) is 46.3 Å². The highest BCUT2D eigenvalue weighted by Gasteiger charge is 2.35. The molecule has 24 heavy (non-hydrogen) atoms. The molecule has 0 aliphatic rings. The standard InChI is InChI=1S/C16H24F3N3O2/c1-9(2)8-21-12-7-13(24-14(23)22-15(3,4)5)11(20)6-10(12)16(17,18)19/h6-7,9,21H,8,20H2,1-5H3,(H,22,23). The molecular weight excluding hydrogens is 323 g/mol. The summed E-state index contributed by atoms with van der Waals surface area (Å²) in [5.41, 5.74) is 3.74. The first kappa shape index (κ1) is 19.9. The number of amides is 1. The third-order valence-corrected chi connectivity index (χ3v) is 2.84. The fraction of sp³-hybridized carbons (Fsp3) is 0.562. The largest absolute Gasteiger partial charge is 0.418 e. The van der Waals surface area contributed by atoms with Crippen LogP contribution in [0.3, 0.4) is 0 Å². The Morgan fingerprint density at radius 3 is 2.29 bits per heavy atom. The molecule has 0 atom stereocenters. The third-order valence-electron chi connectivity index (χ3n) is 2.84. The summed E-state index contributed by atoms with van der Waals surface area (Å²) in [5.74, 6) is 0.00759. The highest BCUT2D eigenvalue weighted by atomic mass is 19.4. The van der Waals surface area contributed by atoms with Gasteiger partial charge in [0.05, 0.1) is 16.9 Å². The lowest BCUT2D eigenvalue weighted by atomic mass is 10.1. The Kier molecular flexibility index (Phi) is 5.97. The summed E-state index contributed by atoms with van der Waals surface area (Å²) in [5, 5.41) is 5.27. The number of alkyl halides is 3. The van der Waals surface area contributed by atoms with Gasteiger partial charge in [0, 0.05) is 18.2 Å². The van der Waals surface area contributed by atoms with Gasteiger partial charge in [0.25, 0.3) is 0 Å². The molecular formula is C16H24F3N3O2. The van der Waals surface area contributed by atoms with Crippen molar-refractivity contribution in [2.24, 2.45) is 5.92 Å². The number of hydrogen-bond donors (Lipinski definition) is 3. The summed E-state index contributed by atoms with van der Waals surface area (Å²) in [4.78, 5) is 11.8. The van der Waals surface area contributed by atoms with Crippen molar-refractivity contribution in [1.82, 2.24) is 5.32 Å². The summed E-state index contributed by atoms with van der Waals surface area (Å²) in [6.45, 7) is 9.32. The van der Waals surface area contributed by atoms with E-state index < -0.39 is 23.4 Å². The summed E-state index contributed by atoms with van der Waals surface area (Å²) in [6.07, 6.45) is -5.36. The maximum absolute atomic E-state index is 13.2. The molecule has 1 rings (SSSR count). The molecule has 0 aliphatic carbocycles. The van der Waals surface area contributed by atoms with Gasteiger partial charge in [-0.2, -0.15) is 13.2 Å². The molecule has 0 spiro atoms. The van der Waals surface area contributed by atoms with Gasteiger partial charge >= 0.3 is 12.3 Å². The molecule has 1 aromatic rings. The Hall–Kier alpha value is -2.12.